The molecule has 0 aromatic heterocycles. The van der Waals surface area contributed by atoms with Gasteiger partial charge in [0.15, 0.2) is 0 Å². The molecule has 3 rings (SSSR count). The molecule has 1 atom stereocenters. The molecule has 0 saturated carbocycles. The molecule has 35 heavy (non-hydrogen) atoms. The molecule has 1 fully saturated rings. The Hall–Kier alpha value is -3.32. The van der Waals surface area contributed by atoms with Gasteiger partial charge in [-0.25, -0.2) is 0 Å². The first-order valence-electron chi connectivity index (χ1n) is 12.2. The first kappa shape index (κ1) is 26.3. The Morgan fingerprint density at radius 3 is 2.26 bits per heavy atom. The number of nitrogens with zero attached hydrogens (tertiary/aromatic N) is 2. The molecule has 0 radical (unpaired) electrons. The van der Waals surface area contributed by atoms with Crippen molar-refractivity contribution in [2.45, 2.75) is 40.2 Å². The third-order valence-corrected chi connectivity index (χ3v) is 6.45. The van der Waals surface area contributed by atoms with Gasteiger partial charge in [0.25, 0.3) is 11.7 Å². The molecule has 0 unspecified atom stereocenters. The van der Waals surface area contributed by atoms with E-state index in [2.05, 4.69) is 18.7 Å². The quantitative estimate of drug-likeness (QED) is 0.289. The highest BCUT2D eigenvalue weighted by atomic mass is 16.5. The lowest BCUT2D eigenvalue weighted by Gasteiger charge is -2.28. The largest absolute Gasteiger partial charge is 0.507 e. The minimum atomic E-state index is -0.688. The first-order valence-corrected chi connectivity index (χ1v) is 12.2. The number of rotatable bonds is 11. The second kappa shape index (κ2) is 11.9. The number of hydrogen-bond donors (Lipinski definition) is 1. The maximum Gasteiger partial charge on any atom is 0.295 e. The number of carbonyl (C=O) groups excluding carboxylic acids is 2. The summed E-state index contributed by atoms with van der Waals surface area (Å²) in [7, 11) is 1.59. The molecule has 2 aromatic carbocycles. The molecular weight excluding hydrogens is 444 g/mol. The van der Waals surface area contributed by atoms with E-state index in [4.69, 9.17) is 9.47 Å². The van der Waals surface area contributed by atoms with Gasteiger partial charge in [0.05, 0.1) is 25.3 Å². The summed E-state index contributed by atoms with van der Waals surface area (Å²) in [5, 5.41) is 11.4. The second-order valence-corrected chi connectivity index (χ2v) is 8.62. The predicted octanol–water partition coefficient (Wildman–Crippen LogP) is 4.56. The van der Waals surface area contributed by atoms with E-state index in [0.717, 1.165) is 30.6 Å². The van der Waals surface area contributed by atoms with Crippen molar-refractivity contribution in [1.82, 2.24) is 9.80 Å². The molecule has 1 amide bonds. The predicted molar refractivity (Wildman–Crippen MR) is 137 cm³/mol. The average molecular weight is 481 g/mol. The number of likely N-dealkylation sites (tertiary alicyclic amines) is 1. The van der Waals surface area contributed by atoms with Crippen LogP contribution in [0.3, 0.4) is 0 Å². The van der Waals surface area contributed by atoms with Gasteiger partial charge in [-0.3, -0.25) is 9.59 Å². The van der Waals surface area contributed by atoms with Crippen LogP contribution in [0.2, 0.25) is 0 Å². The van der Waals surface area contributed by atoms with Gasteiger partial charge in [-0.05, 0) is 67.9 Å². The number of aliphatic hydroxyl groups is 1. The summed E-state index contributed by atoms with van der Waals surface area (Å²) in [5.41, 5.74) is 2.12. The summed E-state index contributed by atoms with van der Waals surface area (Å²) in [5.74, 6) is -0.0673. The van der Waals surface area contributed by atoms with E-state index in [0.29, 0.717) is 36.8 Å². The van der Waals surface area contributed by atoms with Crippen molar-refractivity contribution in [2.24, 2.45) is 0 Å². The summed E-state index contributed by atoms with van der Waals surface area (Å²) in [6, 6.07) is 11.9. The summed E-state index contributed by atoms with van der Waals surface area (Å²) < 4.78 is 11.0. The molecule has 0 aliphatic carbocycles. The highest BCUT2D eigenvalue weighted by molar-refractivity contribution is 6.46. The van der Waals surface area contributed by atoms with E-state index in [-0.39, 0.29) is 11.3 Å². The van der Waals surface area contributed by atoms with E-state index < -0.39 is 17.7 Å². The van der Waals surface area contributed by atoms with Gasteiger partial charge < -0.3 is 24.4 Å². The van der Waals surface area contributed by atoms with Crippen molar-refractivity contribution in [3.05, 3.63) is 64.7 Å². The minimum absolute atomic E-state index is 0.102. The Balaban J connectivity index is 2.08. The number of hydrogen-bond acceptors (Lipinski definition) is 6. The number of benzene rings is 2. The minimum Gasteiger partial charge on any atom is -0.507 e. The number of likely N-dealkylation sites (N-methyl/N-ethyl adjacent to an activating group) is 1. The van der Waals surface area contributed by atoms with Crippen molar-refractivity contribution >= 4 is 17.4 Å². The van der Waals surface area contributed by atoms with Gasteiger partial charge in [-0.15, -0.1) is 0 Å². The summed E-state index contributed by atoms with van der Waals surface area (Å²) in [6.07, 6.45) is 0.888. The van der Waals surface area contributed by atoms with Crippen LogP contribution in [0.4, 0.5) is 0 Å². The van der Waals surface area contributed by atoms with Gasteiger partial charge in [0, 0.05) is 18.7 Å². The molecular formula is C28H36N2O5. The van der Waals surface area contributed by atoms with Crippen LogP contribution in [-0.4, -0.2) is 66.5 Å². The highest BCUT2D eigenvalue weighted by Crippen LogP contribution is 2.40. The fourth-order valence-electron chi connectivity index (χ4n) is 4.39. The fraction of sp³-hybridized carbons (Fsp3) is 0.429. The highest BCUT2D eigenvalue weighted by Gasteiger charge is 2.46. The number of methoxy groups -OCH3 is 1. The number of amides is 1. The maximum absolute atomic E-state index is 13.3. The van der Waals surface area contributed by atoms with E-state index in [1.54, 1.807) is 36.3 Å². The lowest BCUT2D eigenvalue weighted by molar-refractivity contribution is -0.140. The van der Waals surface area contributed by atoms with Gasteiger partial charge in [0.1, 0.15) is 17.3 Å². The van der Waals surface area contributed by atoms with Crippen molar-refractivity contribution in [3.63, 3.8) is 0 Å². The van der Waals surface area contributed by atoms with Crippen LogP contribution in [0.15, 0.2) is 48.0 Å². The molecule has 188 valence electrons. The van der Waals surface area contributed by atoms with Crippen molar-refractivity contribution < 1.29 is 24.2 Å². The number of ketones is 1. The third kappa shape index (κ3) is 5.68. The molecule has 1 aliphatic rings. The van der Waals surface area contributed by atoms with Gasteiger partial charge in [-0.2, -0.15) is 0 Å². The van der Waals surface area contributed by atoms with E-state index >= 15 is 0 Å². The van der Waals surface area contributed by atoms with Crippen LogP contribution < -0.4 is 9.47 Å². The molecule has 1 heterocycles. The average Bonchev–Trinajstić information content (AvgIpc) is 3.12. The van der Waals surface area contributed by atoms with E-state index in [1.165, 1.54) is 0 Å². The van der Waals surface area contributed by atoms with Crippen LogP contribution in [0, 0.1) is 6.92 Å². The monoisotopic (exact) mass is 480 g/mol. The Labute approximate surface area is 207 Å². The van der Waals surface area contributed by atoms with Crippen LogP contribution in [0.1, 0.15) is 49.9 Å². The Kier molecular flexibility index (Phi) is 8.93. The zero-order chi connectivity index (χ0) is 25.5. The van der Waals surface area contributed by atoms with Crippen LogP contribution in [-0.2, 0) is 9.59 Å². The van der Waals surface area contributed by atoms with Crippen LogP contribution in [0.25, 0.3) is 5.76 Å². The Morgan fingerprint density at radius 1 is 1.03 bits per heavy atom. The standard InChI is InChI=1S/C28H36N2O5/c1-6-17-35-22-13-14-23(19(4)18-22)26(31)24-25(20-9-11-21(34-5)12-10-20)30(28(33)27(24)32)16-15-29(7-2)8-3/h9-14,18,25,31H,6-8,15-17H2,1-5H3/t25-/m1/s1. The van der Waals surface area contributed by atoms with Gasteiger partial charge >= 0.3 is 0 Å². The third-order valence-electron chi connectivity index (χ3n) is 6.45. The summed E-state index contributed by atoms with van der Waals surface area (Å²) in [4.78, 5) is 30.2. The number of carbonyl (C=O) groups is 2. The molecule has 1 aliphatic heterocycles. The Bertz CT molecular complexity index is 1070. The zero-order valence-electron chi connectivity index (χ0n) is 21.3. The molecule has 2 aromatic rings. The number of aliphatic hydroxyl groups excluding tert-OH is 1. The normalized spacial score (nSPS) is 17.3. The van der Waals surface area contributed by atoms with Gasteiger partial charge in [-0.1, -0.05) is 32.9 Å². The lowest BCUT2D eigenvalue weighted by Crippen LogP contribution is -2.38. The van der Waals surface area contributed by atoms with E-state index in [9.17, 15) is 14.7 Å². The lowest BCUT2D eigenvalue weighted by atomic mass is 9.94. The molecule has 0 spiro atoms. The SMILES string of the molecule is CCCOc1ccc(C(O)=C2C(=O)C(=O)N(CCN(CC)CC)[C@@H]2c2ccc(OC)cc2)c(C)c1. The van der Waals surface area contributed by atoms with Crippen LogP contribution >= 0.6 is 0 Å². The Morgan fingerprint density at radius 2 is 1.69 bits per heavy atom. The van der Waals surface area contributed by atoms with Crippen molar-refractivity contribution in [1.29, 1.82) is 0 Å². The molecule has 1 N–H and O–H groups in total. The number of ether oxygens (including phenoxy) is 2. The maximum atomic E-state index is 13.3. The molecule has 7 heteroatoms. The second-order valence-electron chi connectivity index (χ2n) is 8.62. The zero-order valence-corrected chi connectivity index (χ0v) is 21.3. The van der Waals surface area contributed by atoms with E-state index in [1.807, 2.05) is 32.0 Å². The number of aryl methyl sites for hydroxylation is 1. The topological polar surface area (TPSA) is 79.3 Å². The number of Topliss-reactive ketones (excluding diaryl/α,β-unsaturated/α-hetero) is 1. The molecule has 0 bridgehead atoms. The summed E-state index contributed by atoms with van der Waals surface area (Å²) >= 11 is 0. The summed E-state index contributed by atoms with van der Waals surface area (Å²) in [6.45, 7) is 11.3. The molecule has 7 nitrogen and oxygen atoms in total. The fourth-order valence-corrected chi connectivity index (χ4v) is 4.39. The van der Waals surface area contributed by atoms with Crippen molar-refractivity contribution in [3.8, 4) is 11.5 Å². The molecule has 1 saturated heterocycles. The first-order chi connectivity index (χ1) is 16.9. The van der Waals surface area contributed by atoms with Crippen LogP contribution in [0.5, 0.6) is 11.5 Å². The smallest absolute Gasteiger partial charge is 0.295 e. The van der Waals surface area contributed by atoms with Crippen molar-refractivity contribution in [2.75, 3.05) is 39.9 Å². The van der Waals surface area contributed by atoms with Gasteiger partial charge in [0.2, 0.25) is 0 Å².